The first-order valence-corrected chi connectivity index (χ1v) is 6.17. The lowest BCUT2D eigenvalue weighted by Gasteiger charge is -2.24. The summed E-state index contributed by atoms with van der Waals surface area (Å²) in [5.41, 5.74) is -0.221. The van der Waals surface area contributed by atoms with Gasteiger partial charge in [-0.2, -0.15) is 0 Å². The quantitative estimate of drug-likeness (QED) is 0.599. The van der Waals surface area contributed by atoms with E-state index in [9.17, 15) is 0 Å². The Bertz CT molecular complexity index is 358. The number of hydrogen-bond donors (Lipinski definition) is 2. The van der Waals surface area contributed by atoms with Gasteiger partial charge in [0.2, 0.25) is 0 Å². The van der Waals surface area contributed by atoms with Crippen LogP contribution in [0.5, 0.6) is 0 Å². The maximum atomic E-state index is 5.35. The molecule has 5 heteroatoms. The summed E-state index contributed by atoms with van der Waals surface area (Å²) in [4.78, 5) is 4.44. The molecular weight excluding hydrogens is 230 g/mol. The van der Waals surface area contributed by atoms with E-state index in [1.807, 2.05) is 32.9 Å². The van der Waals surface area contributed by atoms with E-state index in [-0.39, 0.29) is 5.60 Å². The summed E-state index contributed by atoms with van der Waals surface area (Å²) in [5, 5.41) is 6.43. The molecule has 0 amide bonds. The Hall–Kier alpha value is -1.49. The molecule has 0 aliphatic rings. The van der Waals surface area contributed by atoms with Crippen LogP contribution in [0.2, 0.25) is 0 Å². The Labute approximate surface area is 109 Å². The molecule has 0 fully saturated rings. The summed E-state index contributed by atoms with van der Waals surface area (Å²) in [6, 6.07) is 3.77. The zero-order chi connectivity index (χ0) is 13.4. The van der Waals surface area contributed by atoms with Crippen LogP contribution in [0.25, 0.3) is 0 Å². The van der Waals surface area contributed by atoms with Gasteiger partial charge in [-0.1, -0.05) is 0 Å². The molecular formula is C13H23N3O2. The number of aliphatic imine (C=N–C) groups is 1. The van der Waals surface area contributed by atoms with E-state index in [0.29, 0.717) is 13.1 Å². The highest BCUT2D eigenvalue weighted by molar-refractivity contribution is 5.79. The van der Waals surface area contributed by atoms with Gasteiger partial charge in [-0.3, -0.25) is 0 Å². The topological polar surface area (TPSA) is 58.8 Å². The number of nitrogens with zero attached hydrogens (tertiary/aromatic N) is 1. The molecule has 18 heavy (non-hydrogen) atoms. The summed E-state index contributed by atoms with van der Waals surface area (Å²) in [5.74, 6) is 1.61. The van der Waals surface area contributed by atoms with Crippen LogP contribution in [0, 0.1) is 0 Å². The highest BCUT2D eigenvalue weighted by atomic mass is 16.5. The van der Waals surface area contributed by atoms with Crippen molar-refractivity contribution in [1.29, 1.82) is 0 Å². The molecule has 0 radical (unpaired) electrons. The maximum Gasteiger partial charge on any atom is 0.191 e. The number of methoxy groups -OCH3 is 1. The molecule has 0 aromatic carbocycles. The van der Waals surface area contributed by atoms with E-state index in [2.05, 4.69) is 15.6 Å². The smallest absolute Gasteiger partial charge is 0.191 e. The van der Waals surface area contributed by atoms with Crippen molar-refractivity contribution < 1.29 is 9.15 Å². The molecule has 0 saturated heterocycles. The summed E-state index contributed by atoms with van der Waals surface area (Å²) < 4.78 is 10.6. The Morgan fingerprint density at radius 3 is 2.78 bits per heavy atom. The van der Waals surface area contributed by atoms with E-state index >= 15 is 0 Å². The molecule has 102 valence electrons. The summed E-state index contributed by atoms with van der Waals surface area (Å²) in [6.07, 6.45) is 1.65. The third kappa shape index (κ3) is 5.23. The van der Waals surface area contributed by atoms with Gasteiger partial charge in [0.15, 0.2) is 5.96 Å². The average molecular weight is 253 g/mol. The van der Waals surface area contributed by atoms with E-state index in [1.54, 1.807) is 13.4 Å². The summed E-state index contributed by atoms with van der Waals surface area (Å²) in [6.45, 7) is 8.11. The number of guanidine groups is 1. The Balaban J connectivity index is 2.51. The van der Waals surface area contributed by atoms with Gasteiger partial charge in [0.25, 0.3) is 0 Å². The van der Waals surface area contributed by atoms with Gasteiger partial charge in [-0.15, -0.1) is 0 Å². The van der Waals surface area contributed by atoms with Crippen molar-refractivity contribution in [2.45, 2.75) is 32.9 Å². The molecule has 1 rings (SSSR count). The molecule has 5 nitrogen and oxygen atoms in total. The van der Waals surface area contributed by atoms with Crippen LogP contribution < -0.4 is 10.6 Å². The maximum absolute atomic E-state index is 5.35. The fourth-order valence-electron chi connectivity index (χ4n) is 1.27. The minimum absolute atomic E-state index is 0.221. The van der Waals surface area contributed by atoms with Crippen LogP contribution in [-0.4, -0.2) is 31.8 Å². The third-order valence-corrected chi connectivity index (χ3v) is 2.55. The van der Waals surface area contributed by atoms with Gasteiger partial charge in [0.05, 0.1) is 11.9 Å². The fraction of sp³-hybridized carbons (Fsp3) is 0.615. The predicted octanol–water partition coefficient (Wildman–Crippen LogP) is 1.76. The lowest BCUT2D eigenvalue weighted by atomic mass is 10.1. The van der Waals surface area contributed by atoms with Crippen molar-refractivity contribution in [3.8, 4) is 0 Å². The first-order chi connectivity index (χ1) is 8.57. The number of nitrogens with one attached hydrogen (secondary N) is 2. The highest BCUT2D eigenvalue weighted by Crippen LogP contribution is 2.05. The van der Waals surface area contributed by atoms with Crippen LogP contribution >= 0.6 is 0 Å². The second kappa shape index (κ2) is 7.06. The van der Waals surface area contributed by atoms with Crippen molar-refractivity contribution in [1.82, 2.24) is 10.6 Å². The minimum atomic E-state index is -0.221. The SMILES string of the molecule is CCNC(=NCc1ccco1)NCC(C)(C)OC. The van der Waals surface area contributed by atoms with Crippen molar-refractivity contribution in [3.05, 3.63) is 24.2 Å². The second-order valence-electron chi connectivity index (χ2n) is 4.59. The molecule has 1 aromatic heterocycles. The Morgan fingerprint density at radius 2 is 2.22 bits per heavy atom. The number of hydrogen-bond acceptors (Lipinski definition) is 3. The molecule has 0 unspecified atom stereocenters. The zero-order valence-corrected chi connectivity index (χ0v) is 11.6. The molecule has 1 heterocycles. The van der Waals surface area contributed by atoms with E-state index < -0.39 is 0 Å². The first kappa shape index (κ1) is 14.6. The zero-order valence-electron chi connectivity index (χ0n) is 11.6. The van der Waals surface area contributed by atoms with E-state index in [1.165, 1.54) is 0 Å². The number of furan rings is 1. The van der Waals surface area contributed by atoms with E-state index in [0.717, 1.165) is 18.3 Å². The third-order valence-electron chi connectivity index (χ3n) is 2.55. The van der Waals surface area contributed by atoms with Crippen LogP contribution in [0.1, 0.15) is 26.5 Å². The second-order valence-corrected chi connectivity index (χ2v) is 4.59. The number of rotatable bonds is 6. The van der Waals surface area contributed by atoms with Crippen molar-refractivity contribution in [2.24, 2.45) is 4.99 Å². The number of ether oxygens (including phenoxy) is 1. The Kier molecular flexibility index (Phi) is 5.71. The molecule has 0 spiro atoms. The van der Waals surface area contributed by atoms with Gasteiger partial charge >= 0.3 is 0 Å². The average Bonchev–Trinajstić information content (AvgIpc) is 2.86. The molecule has 2 N–H and O–H groups in total. The summed E-state index contributed by atoms with van der Waals surface area (Å²) >= 11 is 0. The monoisotopic (exact) mass is 253 g/mol. The lowest BCUT2D eigenvalue weighted by molar-refractivity contribution is 0.0268. The predicted molar refractivity (Wildman–Crippen MR) is 72.6 cm³/mol. The van der Waals surface area contributed by atoms with Crippen LogP contribution in [0.4, 0.5) is 0 Å². The summed E-state index contributed by atoms with van der Waals surface area (Å²) in [7, 11) is 1.70. The molecule has 0 bridgehead atoms. The molecule has 0 atom stereocenters. The van der Waals surface area contributed by atoms with E-state index in [4.69, 9.17) is 9.15 Å². The van der Waals surface area contributed by atoms with Crippen molar-refractivity contribution >= 4 is 5.96 Å². The fourth-order valence-corrected chi connectivity index (χ4v) is 1.27. The van der Waals surface area contributed by atoms with Crippen molar-refractivity contribution in [2.75, 3.05) is 20.2 Å². The standard InChI is InChI=1S/C13H23N3O2/c1-5-14-12(16-10-13(2,3)17-4)15-9-11-7-6-8-18-11/h6-8H,5,9-10H2,1-4H3,(H2,14,15,16). The van der Waals surface area contributed by atoms with Gasteiger partial charge in [-0.25, -0.2) is 4.99 Å². The minimum Gasteiger partial charge on any atom is -0.467 e. The van der Waals surface area contributed by atoms with Crippen molar-refractivity contribution in [3.63, 3.8) is 0 Å². The molecule has 1 aromatic rings. The van der Waals surface area contributed by atoms with Crippen LogP contribution in [0.3, 0.4) is 0 Å². The van der Waals surface area contributed by atoms with Gasteiger partial charge < -0.3 is 19.8 Å². The Morgan fingerprint density at radius 1 is 1.44 bits per heavy atom. The first-order valence-electron chi connectivity index (χ1n) is 6.17. The lowest BCUT2D eigenvalue weighted by Crippen LogP contribution is -2.45. The van der Waals surface area contributed by atoms with Gasteiger partial charge in [-0.05, 0) is 32.9 Å². The van der Waals surface area contributed by atoms with Gasteiger partial charge in [0.1, 0.15) is 12.3 Å². The molecule has 0 aliphatic carbocycles. The van der Waals surface area contributed by atoms with Gasteiger partial charge in [0, 0.05) is 20.2 Å². The van der Waals surface area contributed by atoms with Crippen LogP contribution in [-0.2, 0) is 11.3 Å². The highest BCUT2D eigenvalue weighted by Gasteiger charge is 2.16. The van der Waals surface area contributed by atoms with Crippen LogP contribution in [0.15, 0.2) is 27.8 Å². The normalized spacial score (nSPS) is 12.6. The molecule has 0 saturated carbocycles. The molecule has 0 aliphatic heterocycles. The largest absolute Gasteiger partial charge is 0.467 e.